The molecule has 20 heavy (non-hydrogen) atoms. The molecule has 0 saturated carbocycles. The average Bonchev–Trinajstić information content (AvgIpc) is 2.96. The number of methoxy groups -OCH3 is 2. The number of aromatic nitrogens is 1. The van der Waals surface area contributed by atoms with Crippen molar-refractivity contribution in [1.82, 2.24) is 4.98 Å². The van der Waals surface area contributed by atoms with Crippen LogP contribution in [-0.4, -0.2) is 31.8 Å². The van der Waals surface area contributed by atoms with Crippen LogP contribution >= 0.6 is 11.3 Å². The third kappa shape index (κ3) is 2.75. The molecule has 0 fully saturated rings. The van der Waals surface area contributed by atoms with E-state index >= 15 is 0 Å². The largest absolute Gasteiger partial charge is 0.493 e. The lowest BCUT2D eigenvalue weighted by Gasteiger charge is -2.10. The highest BCUT2D eigenvalue weighted by Crippen LogP contribution is 2.38. The van der Waals surface area contributed by atoms with Crippen molar-refractivity contribution in [3.05, 3.63) is 29.3 Å². The van der Waals surface area contributed by atoms with Crippen LogP contribution in [-0.2, 0) is 4.74 Å². The van der Waals surface area contributed by atoms with Crippen LogP contribution in [0.15, 0.2) is 23.6 Å². The fourth-order valence-electron chi connectivity index (χ4n) is 1.75. The molecular formula is C14H15NO4S. The van der Waals surface area contributed by atoms with Gasteiger partial charge < -0.3 is 14.2 Å². The normalized spacial score (nSPS) is 10.2. The van der Waals surface area contributed by atoms with Crippen molar-refractivity contribution < 1.29 is 19.0 Å². The fraction of sp³-hybridized carbons (Fsp3) is 0.286. The number of para-hydroxylation sites is 1. The molecule has 0 radical (unpaired) electrons. The van der Waals surface area contributed by atoms with Gasteiger partial charge in [-0.3, -0.25) is 0 Å². The summed E-state index contributed by atoms with van der Waals surface area (Å²) in [5.74, 6) is 0.800. The maximum atomic E-state index is 11.6. The van der Waals surface area contributed by atoms with Crippen LogP contribution in [0.3, 0.4) is 0 Å². The summed E-state index contributed by atoms with van der Waals surface area (Å²) in [7, 11) is 3.15. The topological polar surface area (TPSA) is 57.7 Å². The van der Waals surface area contributed by atoms with Crippen molar-refractivity contribution in [2.75, 3.05) is 20.8 Å². The lowest BCUT2D eigenvalue weighted by Crippen LogP contribution is -2.04. The standard InChI is InChI=1S/C14H15NO4S/c1-4-19-14(16)10-8-20-13(15-10)9-6-5-7-11(17-2)12(9)18-3/h5-8H,4H2,1-3H3. The van der Waals surface area contributed by atoms with E-state index in [2.05, 4.69) is 4.98 Å². The highest BCUT2D eigenvalue weighted by atomic mass is 32.1. The first-order chi connectivity index (χ1) is 9.71. The maximum Gasteiger partial charge on any atom is 0.357 e. The van der Waals surface area contributed by atoms with Gasteiger partial charge in [0.15, 0.2) is 17.2 Å². The van der Waals surface area contributed by atoms with Gasteiger partial charge in [-0.05, 0) is 19.1 Å². The van der Waals surface area contributed by atoms with Gasteiger partial charge in [0.05, 0.1) is 26.4 Å². The van der Waals surface area contributed by atoms with Crippen LogP contribution in [0.4, 0.5) is 0 Å². The number of thiazole rings is 1. The van der Waals surface area contributed by atoms with Crippen molar-refractivity contribution >= 4 is 17.3 Å². The predicted molar refractivity (Wildman–Crippen MR) is 76.6 cm³/mol. The highest BCUT2D eigenvalue weighted by molar-refractivity contribution is 7.13. The van der Waals surface area contributed by atoms with Crippen LogP contribution < -0.4 is 9.47 Å². The summed E-state index contributed by atoms with van der Waals surface area (Å²) in [6.07, 6.45) is 0. The highest BCUT2D eigenvalue weighted by Gasteiger charge is 2.17. The predicted octanol–water partition coefficient (Wildman–Crippen LogP) is 3.00. The second-order valence-electron chi connectivity index (χ2n) is 3.80. The van der Waals surface area contributed by atoms with E-state index in [1.807, 2.05) is 18.2 Å². The Bertz CT molecular complexity index is 609. The molecule has 0 bridgehead atoms. The molecule has 0 amide bonds. The van der Waals surface area contributed by atoms with Crippen LogP contribution in [0, 0.1) is 0 Å². The molecule has 1 aromatic carbocycles. The van der Waals surface area contributed by atoms with Crippen molar-refractivity contribution in [1.29, 1.82) is 0 Å². The molecule has 106 valence electrons. The van der Waals surface area contributed by atoms with Gasteiger partial charge in [-0.1, -0.05) is 6.07 Å². The molecule has 2 aromatic rings. The molecule has 0 spiro atoms. The zero-order chi connectivity index (χ0) is 14.5. The summed E-state index contributed by atoms with van der Waals surface area (Å²) in [6, 6.07) is 5.53. The fourth-order valence-corrected chi connectivity index (χ4v) is 2.56. The number of hydrogen-bond acceptors (Lipinski definition) is 6. The number of nitrogens with zero attached hydrogens (tertiary/aromatic N) is 1. The molecule has 5 nitrogen and oxygen atoms in total. The van der Waals surface area contributed by atoms with Gasteiger partial charge in [0, 0.05) is 5.38 Å². The zero-order valence-corrected chi connectivity index (χ0v) is 12.3. The first-order valence-corrected chi connectivity index (χ1v) is 6.93. The molecule has 1 heterocycles. The molecule has 0 aliphatic carbocycles. The van der Waals surface area contributed by atoms with Crippen molar-refractivity contribution in [2.24, 2.45) is 0 Å². The SMILES string of the molecule is CCOC(=O)c1csc(-c2cccc(OC)c2OC)n1. The summed E-state index contributed by atoms with van der Waals surface area (Å²) >= 11 is 1.36. The maximum absolute atomic E-state index is 11.6. The Morgan fingerprint density at radius 2 is 2.10 bits per heavy atom. The number of carbonyl (C=O) groups excluding carboxylic acids is 1. The molecule has 2 rings (SSSR count). The molecular weight excluding hydrogens is 278 g/mol. The number of benzene rings is 1. The van der Waals surface area contributed by atoms with Gasteiger partial charge in [-0.25, -0.2) is 9.78 Å². The third-order valence-corrected chi connectivity index (χ3v) is 3.50. The van der Waals surface area contributed by atoms with Gasteiger partial charge in [-0.2, -0.15) is 0 Å². The van der Waals surface area contributed by atoms with E-state index in [4.69, 9.17) is 14.2 Å². The van der Waals surface area contributed by atoms with Crippen LogP contribution in [0.5, 0.6) is 11.5 Å². The van der Waals surface area contributed by atoms with E-state index in [1.54, 1.807) is 26.5 Å². The summed E-state index contributed by atoms with van der Waals surface area (Å²) in [4.78, 5) is 15.9. The van der Waals surface area contributed by atoms with E-state index in [9.17, 15) is 4.79 Å². The van der Waals surface area contributed by atoms with E-state index in [-0.39, 0.29) is 0 Å². The Morgan fingerprint density at radius 3 is 2.75 bits per heavy atom. The molecule has 0 aliphatic heterocycles. The Balaban J connectivity index is 2.40. The van der Waals surface area contributed by atoms with Gasteiger partial charge in [0.2, 0.25) is 0 Å². The van der Waals surface area contributed by atoms with Gasteiger partial charge in [-0.15, -0.1) is 11.3 Å². The van der Waals surface area contributed by atoms with Crippen molar-refractivity contribution in [2.45, 2.75) is 6.92 Å². The molecule has 6 heteroatoms. The number of ether oxygens (including phenoxy) is 3. The first-order valence-electron chi connectivity index (χ1n) is 6.05. The Hall–Kier alpha value is -2.08. The molecule has 0 N–H and O–H groups in total. The number of carbonyl (C=O) groups is 1. The lowest BCUT2D eigenvalue weighted by molar-refractivity contribution is 0.0520. The number of rotatable bonds is 5. The van der Waals surface area contributed by atoms with Crippen LogP contribution in [0.1, 0.15) is 17.4 Å². The number of esters is 1. The molecule has 1 aromatic heterocycles. The second kappa shape index (κ2) is 6.38. The van der Waals surface area contributed by atoms with Crippen LogP contribution in [0.25, 0.3) is 10.6 Å². The van der Waals surface area contributed by atoms with Gasteiger partial charge in [0.25, 0.3) is 0 Å². The quantitative estimate of drug-likeness (QED) is 0.793. The van der Waals surface area contributed by atoms with Crippen molar-refractivity contribution in [3.63, 3.8) is 0 Å². The van der Waals surface area contributed by atoms with E-state index in [0.29, 0.717) is 28.8 Å². The Kier molecular flexibility index (Phi) is 4.57. The summed E-state index contributed by atoms with van der Waals surface area (Å²) in [5, 5.41) is 2.36. The Labute approximate surface area is 121 Å². The van der Waals surface area contributed by atoms with Gasteiger partial charge >= 0.3 is 5.97 Å². The minimum absolute atomic E-state index is 0.303. The molecule has 0 unspecified atom stereocenters. The average molecular weight is 293 g/mol. The van der Waals surface area contributed by atoms with E-state index < -0.39 is 5.97 Å². The minimum atomic E-state index is -0.420. The zero-order valence-electron chi connectivity index (χ0n) is 11.5. The Morgan fingerprint density at radius 1 is 1.30 bits per heavy atom. The smallest absolute Gasteiger partial charge is 0.357 e. The summed E-state index contributed by atoms with van der Waals surface area (Å²) in [5.41, 5.74) is 1.09. The minimum Gasteiger partial charge on any atom is -0.493 e. The monoisotopic (exact) mass is 293 g/mol. The summed E-state index contributed by atoms with van der Waals surface area (Å²) in [6.45, 7) is 2.09. The lowest BCUT2D eigenvalue weighted by atomic mass is 10.2. The second-order valence-corrected chi connectivity index (χ2v) is 4.66. The number of hydrogen-bond donors (Lipinski definition) is 0. The first kappa shape index (κ1) is 14.3. The molecule has 0 atom stereocenters. The third-order valence-electron chi connectivity index (χ3n) is 2.62. The molecule has 0 aliphatic rings. The van der Waals surface area contributed by atoms with E-state index in [0.717, 1.165) is 5.56 Å². The van der Waals surface area contributed by atoms with Gasteiger partial charge in [0.1, 0.15) is 5.01 Å². The molecule has 0 saturated heterocycles. The summed E-state index contributed by atoms with van der Waals surface area (Å²) < 4.78 is 15.5. The van der Waals surface area contributed by atoms with Crippen LogP contribution in [0.2, 0.25) is 0 Å². The van der Waals surface area contributed by atoms with Crippen molar-refractivity contribution in [3.8, 4) is 22.1 Å². The van der Waals surface area contributed by atoms with E-state index in [1.165, 1.54) is 11.3 Å².